The van der Waals surface area contributed by atoms with Gasteiger partial charge >= 0.3 is 0 Å². The number of nitrogens with one attached hydrogen (secondary N) is 1. The first kappa shape index (κ1) is 14.7. The summed E-state index contributed by atoms with van der Waals surface area (Å²) in [5.74, 6) is 0. The molecule has 0 amide bonds. The lowest BCUT2D eigenvalue weighted by Crippen LogP contribution is -2.52. The molecule has 100 valence electrons. The minimum absolute atomic E-state index is 0.544. The lowest BCUT2D eigenvalue weighted by atomic mass is 10.1. The molecule has 3 heteroatoms. The fraction of sp³-hybridized carbons (Fsp3) is 0.857. The summed E-state index contributed by atoms with van der Waals surface area (Å²) in [7, 11) is 0. The van der Waals surface area contributed by atoms with Crippen molar-refractivity contribution in [3.8, 4) is 0 Å². The maximum Gasteiger partial charge on any atom is 0.0204 e. The van der Waals surface area contributed by atoms with Gasteiger partial charge in [-0.3, -0.25) is 9.80 Å². The van der Waals surface area contributed by atoms with Gasteiger partial charge in [0.15, 0.2) is 0 Å². The van der Waals surface area contributed by atoms with E-state index in [0.29, 0.717) is 12.1 Å². The largest absolute Gasteiger partial charge is 0.311 e. The molecule has 0 radical (unpaired) electrons. The Kier molecular flexibility index (Phi) is 6.17. The van der Waals surface area contributed by atoms with Crippen molar-refractivity contribution in [1.82, 2.24) is 15.1 Å². The molecule has 1 saturated heterocycles. The third-order valence-electron chi connectivity index (χ3n) is 3.46. The maximum atomic E-state index is 4.17. The first-order valence-electron chi connectivity index (χ1n) is 6.89. The Hall–Kier alpha value is -0.380. The van der Waals surface area contributed by atoms with Crippen LogP contribution in [-0.4, -0.2) is 61.2 Å². The number of likely N-dealkylation sites (N-methyl/N-ethyl adjacent to an activating group) is 1. The van der Waals surface area contributed by atoms with Crippen LogP contribution < -0.4 is 5.32 Å². The van der Waals surface area contributed by atoms with Crippen molar-refractivity contribution < 1.29 is 0 Å². The number of hydrogen-bond acceptors (Lipinski definition) is 3. The fourth-order valence-corrected chi connectivity index (χ4v) is 2.40. The second kappa shape index (κ2) is 7.14. The minimum Gasteiger partial charge on any atom is -0.311 e. The Balaban J connectivity index is 2.26. The Morgan fingerprint density at radius 1 is 1.41 bits per heavy atom. The van der Waals surface area contributed by atoms with Crippen LogP contribution in [0, 0.1) is 0 Å². The van der Waals surface area contributed by atoms with Gasteiger partial charge in [0.25, 0.3) is 0 Å². The molecule has 1 fully saturated rings. The van der Waals surface area contributed by atoms with Gasteiger partial charge in [-0.05, 0) is 19.0 Å². The van der Waals surface area contributed by atoms with Crippen molar-refractivity contribution in [3.05, 3.63) is 12.2 Å². The van der Waals surface area contributed by atoms with Crippen molar-refractivity contribution in [1.29, 1.82) is 0 Å². The Labute approximate surface area is 107 Å². The molecule has 17 heavy (non-hydrogen) atoms. The van der Waals surface area contributed by atoms with Gasteiger partial charge < -0.3 is 5.32 Å². The smallest absolute Gasteiger partial charge is 0.0204 e. The summed E-state index contributed by atoms with van der Waals surface area (Å²) in [5, 5.41) is 3.43. The summed E-state index contributed by atoms with van der Waals surface area (Å²) in [4.78, 5) is 5.08. The van der Waals surface area contributed by atoms with E-state index in [4.69, 9.17) is 0 Å². The molecular weight excluding hydrogens is 210 g/mol. The summed E-state index contributed by atoms with van der Waals surface area (Å²) in [5.41, 5.74) is 1.30. The quantitative estimate of drug-likeness (QED) is 0.710. The minimum atomic E-state index is 0.544. The van der Waals surface area contributed by atoms with Crippen molar-refractivity contribution >= 4 is 0 Å². The Morgan fingerprint density at radius 2 is 2.12 bits per heavy atom. The van der Waals surface area contributed by atoms with Gasteiger partial charge in [-0.15, -0.1) is 0 Å². The standard InChI is InChI=1S/C14H29N3/c1-6-17-8-7-16(11-14(17)5)10-13(4)9-15-12(2)3/h12,14-15H,4,6-11H2,1-3,5H3. The van der Waals surface area contributed by atoms with E-state index in [1.54, 1.807) is 0 Å². The molecule has 0 aliphatic carbocycles. The topological polar surface area (TPSA) is 18.5 Å². The zero-order valence-electron chi connectivity index (χ0n) is 12.0. The van der Waals surface area contributed by atoms with Gasteiger partial charge in [0.05, 0.1) is 0 Å². The first-order chi connectivity index (χ1) is 8.02. The lowest BCUT2D eigenvalue weighted by molar-refractivity contribution is 0.0941. The Bertz CT molecular complexity index is 238. The number of piperazine rings is 1. The van der Waals surface area contributed by atoms with Gasteiger partial charge in [0.2, 0.25) is 0 Å². The van der Waals surface area contributed by atoms with Crippen LogP contribution in [0.15, 0.2) is 12.2 Å². The van der Waals surface area contributed by atoms with Crippen LogP contribution in [0.5, 0.6) is 0 Å². The van der Waals surface area contributed by atoms with Crippen molar-refractivity contribution in [3.63, 3.8) is 0 Å². The molecule has 0 aromatic heterocycles. The van der Waals surface area contributed by atoms with Crippen LogP contribution >= 0.6 is 0 Å². The van der Waals surface area contributed by atoms with E-state index in [1.165, 1.54) is 31.8 Å². The molecular formula is C14H29N3. The van der Waals surface area contributed by atoms with Crippen LogP contribution in [-0.2, 0) is 0 Å². The number of rotatable bonds is 6. The van der Waals surface area contributed by atoms with Crippen LogP contribution in [0.2, 0.25) is 0 Å². The predicted molar refractivity (Wildman–Crippen MR) is 75.4 cm³/mol. The molecule has 1 unspecified atom stereocenters. The monoisotopic (exact) mass is 239 g/mol. The van der Waals surface area contributed by atoms with Crippen LogP contribution in [0.25, 0.3) is 0 Å². The Morgan fingerprint density at radius 3 is 2.65 bits per heavy atom. The molecule has 0 saturated carbocycles. The molecule has 1 aliphatic rings. The van der Waals surface area contributed by atoms with E-state index >= 15 is 0 Å². The zero-order chi connectivity index (χ0) is 12.8. The highest BCUT2D eigenvalue weighted by Crippen LogP contribution is 2.10. The highest BCUT2D eigenvalue weighted by molar-refractivity contribution is 5.01. The first-order valence-corrected chi connectivity index (χ1v) is 6.89. The second-order valence-electron chi connectivity index (χ2n) is 5.50. The van der Waals surface area contributed by atoms with Gasteiger partial charge in [-0.1, -0.05) is 27.4 Å². The summed E-state index contributed by atoms with van der Waals surface area (Å²) >= 11 is 0. The molecule has 0 aromatic carbocycles. The summed E-state index contributed by atoms with van der Waals surface area (Å²) < 4.78 is 0. The van der Waals surface area contributed by atoms with E-state index in [-0.39, 0.29) is 0 Å². The SMILES string of the molecule is C=C(CNC(C)C)CN1CCN(CC)C(C)C1. The molecule has 1 aliphatic heterocycles. The normalized spacial score (nSPS) is 23.2. The van der Waals surface area contributed by atoms with Crippen LogP contribution in [0.1, 0.15) is 27.7 Å². The molecule has 1 N–H and O–H groups in total. The molecule has 0 bridgehead atoms. The van der Waals surface area contributed by atoms with E-state index < -0.39 is 0 Å². The highest BCUT2D eigenvalue weighted by Gasteiger charge is 2.22. The summed E-state index contributed by atoms with van der Waals surface area (Å²) in [6.07, 6.45) is 0. The second-order valence-corrected chi connectivity index (χ2v) is 5.50. The van der Waals surface area contributed by atoms with Crippen LogP contribution in [0.4, 0.5) is 0 Å². The summed E-state index contributed by atoms with van der Waals surface area (Å²) in [6.45, 7) is 19.8. The predicted octanol–water partition coefficient (Wildman–Crippen LogP) is 1.57. The van der Waals surface area contributed by atoms with Crippen LogP contribution in [0.3, 0.4) is 0 Å². The van der Waals surface area contributed by atoms with Gasteiger partial charge in [-0.2, -0.15) is 0 Å². The van der Waals surface area contributed by atoms with Gasteiger partial charge in [-0.25, -0.2) is 0 Å². The van der Waals surface area contributed by atoms with E-state index in [1.807, 2.05) is 0 Å². The molecule has 0 spiro atoms. The molecule has 0 aromatic rings. The number of hydrogen-bond donors (Lipinski definition) is 1. The average Bonchev–Trinajstić information content (AvgIpc) is 2.26. The lowest BCUT2D eigenvalue weighted by Gasteiger charge is -2.39. The highest BCUT2D eigenvalue weighted by atomic mass is 15.3. The van der Waals surface area contributed by atoms with Gasteiger partial charge in [0.1, 0.15) is 0 Å². The molecule has 3 nitrogen and oxygen atoms in total. The number of nitrogens with zero attached hydrogens (tertiary/aromatic N) is 2. The van der Waals surface area contributed by atoms with Crippen molar-refractivity contribution in [2.45, 2.75) is 39.8 Å². The van der Waals surface area contributed by atoms with E-state index in [9.17, 15) is 0 Å². The zero-order valence-corrected chi connectivity index (χ0v) is 12.0. The third kappa shape index (κ3) is 5.19. The maximum absolute atomic E-state index is 4.17. The van der Waals surface area contributed by atoms with Crippen molar-refractivity contribution in [2.24, 2.45) is 0 Å². The van der Waals surface area contributed by atoms with Gasteiger partial charge in [0, 0.05) is 44.8 Å². The van der Waals surface area contributed by atoms with E-state index in [2.05, 4.69) is 49.4 Å². The molecule has 1 rings (SSSR count). The average molecular weight is 239 g/mol. The third-order valence-corrected chi connectivity index (χ3v) is 3.46. The molecule has 1 heterocycles. The van der Waals surface area contributed by atoms with Crippen molar-refractivity contribution in [2.75, 3.05) is 39.3 Å². The molecule has 1 atom stereocenters. The summed E-state index contributed by atoms with van der Waals surface area (Å²) in [6, 6.07) is 1.22. The fourth-order valence-electron chi connectivity index (χ4n) is 2.40. The van der Waals surface area contributed by atoms with E-state index in [0.717, 1.165) is 13.1 Å².